The molecule has 4 nitrogen and oxygen atoms in total. The van der Waals surface area contributed by atoms with E-state index in [2.05, 4.69) is 40.5 Å². The van der Waals surface area contributed by atoms with Crippen molar-refractivity contribution in [3.05, 3.63) is 30.0 Å². The molecule has 0 spiro atoms. The molecule has 1 aromatic heterocycles. The lowest BCUT2D eigenvalue weighted by Crippen LogP contribution is -2.45. The van der Waals surface area contributed by atoms with Crippen LogP contribution in [0.25, 0.3) is 10.9 Å². The van der Waals surface area contributed by atoms with Crippen molar-refractivity contribution in [1.29, 1.82) is 0 Å². The Balaban J connectivity index is 0.00000132. The molecule has 1 saturated heterocycles. The van der Waals surface area contributed by atoms with E-state index in [9.17, 15) is 0 Å². The van der Waals surface area contributed by atoms with Crippen LogP contribution < -0.4 is 10.1 Å². The van der Waals surface area contributed by atoms with E-state index in [1.54, 1.807) is 7.11 Å². The van der Waals surface area contributed by atoms with Gasteiger partial charge < -0.3 is 15.0 Å². The second-order valence-electron chi connectivity index (χ2n) is 5.75. The van der Waals surface area contributed by atoms with E-state index >= 15 is 0 Å². The Morgan fingerprint density at radius 1 is 1.22 bits per heavy atom. The van der Waals surface area contributed by atoms with Crippen LogP contribution in [0.15, 0.2) is 24.4 Å². The summed E-state index contributed by atoms with van der Waals surface area (Å²) in [6.07, 6.45) is 4.59. The second-order valence-corrected chi connectivity index (χ2v) is 5.75. The fourth-order valence-electron chi connectivity index (χ4n) is 3.33. The summed E-state index contributed by atoms with van der Waals surface area (Å²) in [4.78, 5) is 6.03. The predicted molar refractivity (Wildman–Crippen MR) is 101 cm³/mol. The third kappa shape index (κ3) is 4.32. The number of nitrogens with one attached hydrogen (secondary N) is 2. The van der Waals surface area contributed by atoms with Crippen molar-refractivity contribution in [1.82, 2.24) is 15.2 Å². The van der Waals surface area contributed by atoms with Gasteiger partial charge in [0.05, 0.1) is 7.11 Å². The maximum absolute atomic E-state index is 5.39. The van der Waals surface area contributed by atoms with Crippen LogP contribution in [0.1, 0.15) is 31.4 Å². The molecule has 2 heterocycles. The molecule has 3 rings (SSSR count). The average Bonchev–Trinajstić information content (AvgIpc) is 2.96. The maximum Gasteiger partial charge on any atom is 0.119 e. The summed E-state index contributed by atoms with van der Waals surface area (Å²) in [5.41, 5.74) is 2.61. The van der Waals surface area contributed by atoms with Crippen LogP contribution in [0.2, 0.25) is 0 Å². The van der Waals surface area contributed by atoms with Gasteiger partial charge in [-0.15, -0.1) is 24.8 Å². The van der Waals surface area contributed by atoms with Crippen molar-refractivity contribution >= 4 is 35.7 Å². The zero-order valence-electron chi connectivity index (χ0n) is 13.8. The Hall–Kier alpha value is -0.940. The van der Waals surface area contributed by atoms with E-state index in [4.69, 9.17) is 4.74 Å². The summed E-state index contributed by atoms with van der Waals surface area (Å²) < 4.78 is 5.39. The van der Waals surface area contributed by atoms with Gasteiger partial charge in [0.1, 0.15) is 5.75 Å². The number of piperazine rings is 1. The fourth-order valence-corrected chi connectivity index (χ4v) is 3.33. The van der Waals surface area contributed by atoms with Gasteiger partial charge >= 0.3 is 0 Å². The van der Waals surface area contributed by atoms with Crippen molar-refractivity contribution < 1.29 is 4.74 Å². The lowest BCUT2D eigenvalue weighted by atomic mass is 9.99. The zero-order chi connectivity index (χ0) is 14.7. The Kier molecular flexibility index (Phi) is 8.20. The van der Waals surface area contributed by atoms with Crippen molar-refractivity contribution in [2.24, 2.45) is 0 Å². The number of methoxy groups -OCH3 is 1. The molecule has 0 unspecified atom stereocenters. The highest BCUT2D eigenvalue weighted by Crippen LogP contribution is 2.33. The summed E-state index contributed by atoms with van der Waals surface area (Å²) >= 11 is 0. The third-order valence-electron chi connectivity index (χ3n) is 4.43. The van der Waals surface area contributed by atoms with Crippen LogP contribution >= 0.6 is 24.8 Å². The maximum atomic E-state index is 5.39. The molecule has 2 aromatic rings. The lowest BCUT2D eigenvalue weighted by Gasteiger charge is -2.35. The predicted octanol–water partition coefficient (Wildman–Crippen LogP) is 3.77. The number of nitrogens with zero attached hydrogens (tertiary/aromatic N) is 1. The number of halogens is 2. The number of ether oxygens (including phenoxy) is 1. The van der Waals surface area contributed by atoms with Gasteiger partial charge in [0.15, 0.2) is 0 Å². The molecule has 1 atom stereocenters. The van der Waals surface area contributed by atoms with E-state index < -0.39 is 0 Å². The molecule has 1 fully saturated rings. The van der Waals surface area contributed by atoms with Gasteiger partial charge in [0, 0.05) is 49.3 Å². The van der Waals surface area contributed by atoms with E-state index in [0.29, 0.717) is 6.04 Å². The Bertz CT molecular complexity index is 597. The number of rotatable bonds is 5. The molecule has 0 saturated carbocycles. The SMILES string of the molecule is CCC[C@@H](c1c[nH]c2ccc(OC)cc12)N1CCNCC1.Cl.Cl. The quantitative estimate of drug-likeness (QED) is 0.853. The van der Waals surface area contributed by atoms with Gasteiger partial charge in [-0.25, -0.2) is 0 Å². The van der Waals surface area contributed by atoms with Crippen LogP contribution in [-0.2, 0) is 0 Å². The molecule has 0 bridgehead atoms. The molecular formula is C17H27Cl2N3O. The number of aromatic nitrogens is 1. The van der Waals surface area contributed by atoms with Crippen LogP contribution in [-0.4, -0.2) is 43.2 Å². The van der Waals surface area contributed by atoms with E-state index in [1.807, 2.05) is 6.07 Å². The molecule has 1 aromatic carbocycles. The number of benzene rings is 1. The fraction of sp³-hybridized carbons (Fsp3) is 0.529. The van der Waals surface area contributed by atoms with Gasteiger partial charge in [-0.3, -0.25) is 4.90 Å². The number of hydrogen-bond donors (Lipinski definition) is 2. The first-order valence-electron chi connectivity index (χ1n) is 7.93. The van der Waals surface area contributed by atoms with Gasteiger partial charge in [0.25, 0.3) is 0 Å². The van der Waals surface area contributed by atoms with Crippen molar-refractivity contribution in [3.8, 4) is 5.75 Å². The number of H-pyrrole nitrogens is 1. The van der Waals surface area contributed by atoms with Crippen LogP contribution in [0.5, 0.6) is 5.75 Å². The molecule has 0 radical (unpaired) electrons. The summed E-state index contributed by atoms with van der Waals surface area (Å²) in [6.45, 7) is 6.70. The molecule has 2 N–H and O–H groups in total. The minimum Gasteiger partial charge on any atom is -0.497 e. The standard InChI is InChI=1S/C17H25N3O.2ClH/c1-3-4-17(20-9-7-18-8-10-20)15-12-19-16-6-5-13(21-2)11-14(15)16;;/h5-6,11-12,17-19H,3-4,7-10H2,1-2H3;2*1H/t17-;;/m0../s1. The first kappa shape index (κ1) is 20.1. The highest BCUT2D eigenvalue weighted by atomic mass is 35.5. The normalized spacial score (nSPS) is 16.4. The molecule has 6 heteroatoms. The number of fused-ring (bicyclic) bond motifs is 1. The number of hydrogen-bond acceptors (Lipinski definition) is 3. The minimum atomic E-state index is 0. The van der Waals surface area contributed by atoms with E-state index in [-0.39, 0.29) is 24.8 Å². The molecule has 1 aliphatic heterocycles. The molecule has 0 aliphatic carbocycles. The monoisotopic (exact) mass is 359 g/mol. The largest absolute Gasteiger partial charge is 0.497 e. The van der Waals surface area contributed by atoms with Crippen LogP contribution in [0.3, 0.4) is 0 Å². The average molecular weight is 360 g/mol. The summed E-state index contributed by atoms with van der Waals surface area (Å²) in [7, 11) is 1.73. The molecule has 23 heavy (non-hydrogen) atoms. The Morgan fingerprint density at radius 3 is 2.61 bits per heavy atom. The summed E-state index contributed by atoms with van der Waals surface area (Å²) in [6, 6.07) is 6.78. The molecule has 130 valence electrons. The third-order valence-corrected chi connectivity index (χ3v) is 4.43. The molecule has 1 aliphatic rings. The number of aromatic amines is 1. The van der Waals surface area contributed by atoms with Crippen molar-refractivity contribution in [2.45, 2.75) is 25.8 Å². The van der Waals surface area contributed by atoms with Crippen LogP contribution in [0, 0.1) is 0 Å². The second kappa shape index (κ2) is 9.38. The van der Waals surface area contributed by atoms with Gasteiger partial charge in [-0.1, -0.05) is 13.3 Å². The van der Waals surface area contributed by atoms with E-state index in [1.165, 1.54) is 29.3 Å². The first-order chi connectivity index (χ1) is 10.3. The first-order valence-corrected chi connectivity index (χ1v) is 7.93. The van der Waals surface area contributed by atoms with Gasteiger partial charge in [-0.05, 0) is 30.2 Å². The highest BCUT2D eigenvalue weighted by Gasteiger charge is 2.23. The van der Waals surface area contributed by atoms with Crippen molar-refractivity contribution in [2.75, 3.05) is 33.3 Å². The van der Waals surface area contributed by atoms with Gasteiger partial charge in [-0.2, -0.15) is 0 Å². The van der Waals surface area contributed by atoms with Crippen molar-refractivity contribution in [3.63, 3.8) is 0 Å². The molecule has 0 amide bonds. The summed E-state index contributed by atoms with van der Waals surface area (Å²) in [5, 5.41) is 4.74. The van der Waals surface area contributed by atoms with Crippen LogP contribution in [0.4, 0.5) is 0 Å². The van der Waals surface area contributed by atoms with Gasteiger partial charge in [0.2, 0.25) is 0 Å². The zero-order valence-corrected chi connectivity index (χ0v) is 15.4. The highest BCUT2D eigenvalue weighted by molar-refractivity contribution is 5.86. The Labute approximate surface area is 150 Å². The summed E-state index contributed by atoms with van der Waals surface area (Å²) in [5.74, 6) is 0.930. The minimum absolute atomic E-state index is 0. The smallest absolute Gasteiger partial charge is 0.119 e. The topological polar surface area (TPSA) is 40.3 Å². The van der Waals surface area contributed by atoms with E-state index in [0.717, 1.165) is 31.9 Å². The molecular weight excluding hydrogens is 333 g/mol. The lowest BCUT2D eigenvalue weighted by molar-refractivity contribution is 0.165. The Morgan fingerprint density at radius 2 is 1.96 bits per heavy atom.